The molecule has 0 aliphatic heterocycles. The minimum Gasteiger partial charge on any atom is -0.504 e. The number of thiazole rings is 1. The number of hydrogen-bond donors (Lipinski definition) is 3. The van der Waals surface area contributed by atoms with Gasteiger partial charge in [0.2, 0.25) is 0 Å². The highest BCUT2D eigenvalue weighted by Gasteiger charge is 2.14. The summed E-state index contributed by atoms with van der Waals surface area (Å²) in [6.45, 7) is 0. The predicted octanol–water partition coefficient (Wildman–Crippen LogP) is 3.09. The Morgan fingerprint density at radius 1 is 1.14 bits per heavy atom. The zero-order valence-electron chi connectivity index (χ0n) is 11.0. The quantitative estimate of drug-likeness (QED) is 0.650. The highest BCUT2D eigenvalue weighted by Crippen LogP contribution is 2.30. The molecule has 1 atom stereocenters. The van der Waals surface area contributed by atoms with E-state index in [4.69, 9.17) is 5.73 Å². The van der Waals surface area contributed by atoms with Gasteiger partial charge in [-0.15, -0.1) is 11.3 Å². The first kappa shape index (κ1) is 13.8. The van der Waals surface area contributed by atoms with E-state index in [1.807, 2.05) is 0 Å². The van der Waals surface area contributed by atoms with E-state index in [9.17, 15) is 14.6 Å². The molecular weight excluding hydrogens is 291 g/mol. The standard InChI is InChI=1S/C15H13FN2O2S/c16-9-2-4-14-11(7-9)18-15(21-14)10(17)5-8-1-3-12(19)13(20)6-8/h1-4,6-7,10,19-20H,5,17H2. The second kappa shape index (κ2) is 5.31. The summed E-state index contributed by atoms with van der Waals surface area (Å²) in [5, 5.41) is 19.5. The zero-order valence-corrected chi connectivity index (χ0v) is 11.8. The SMILES string of the molecule is NC(Cc1ccc(O)c(O)c1)c1nc2cc(F)ccc2s1. The maximum atomic E-state index is 13.2. The molecule has 0 saturated carbocycles. The molecule has 1 aromatic heterocycles. The number of hydrogen-bond acceptors (Lipinski definition) is 5. The molecule has 1 heterocycles. The van der Waals surface area contributed by atoms with Crippen LogP contribution in [0.5, 0.6) is 11.5 Å². The summed E-state index contributed by atoms with van der Waals surface area (Å²) in [7, 11) is 0. The number of halogens is 1. The van der Waals surface area contributed by atoms with Crippen molar-refractivity contribution in [2.45, 2.75) is 12.5 Å². The third-order valence-electron chi connectivity index (χ3n) is 3.18. The van der Waals surface area contributed by atoms with Gasteiger partial charge in [0.15, 0.2) is 11.5 Å². The Morgan fingerprint density at radius 2 is 1.95 bits per heavy atom. The smallest absolute Gasteiger partial charge is 0.157 e. The van der Waals surface area contributed by atoms with Crippen LogP contribution in [-0.2, 0) is 6.42 Å². The van der Waals surface area contributed by atoms with Crippen molar-refractivity contribution in [1.29, 1.82) is 0 Å². The lowest BCUT2D eigenvalue weighted by Gasteiger charge is -2.09. The number of aromatic hydroxyl groups is 2. The summed E-state index contributed by atoms with van der Waals surface area (Å²) in [6, 6.07) is 8.71. The van der Waals surface area contributed by atoms with Gasteiger partial charge in [-0.3, -0.25) is 0 Å². The van der Waals surface area contributed by atoms with Crippen molar-refractivity contribution in [1.82, 2.24) is 4.98 Å². The third kappa shape index (κ3) is 2.81. The van der Waals surface area contributed by atoms with E-state index in [0.29, 0.717) is 16.9 Å². The van der Waals surface area contributed by atoms with E-state index in [0.717, 1.165) is 10.3 Å². The van der Waals surface area contributed by atoms with Crippen molar-refractivity contribution in [3.8, 4) is 11.5 Å². The van der Waals surface area contributed by atoms with Gasteiger partial charge in [-0.05, 0) is 36.2 Å². The van der Waals surface area contributed by atoms with Gasteiger partial charge in [-0.1, -0.05) is 6.07 Å². The molecule has 0 aliphatic carbocycles. The van der Waals surface area contributed by atoms with Gasteiger partial charge in [-0.2, -0.15) is 0 Å². The summed E-state index contributed by atoms with van der Waals surface area (Å²) < 4.78 is 14.0. The van der Waals surface area contributed by atoms with Crippen molar-refractivity contribution in [2.75, 3.05) is 0 Å². The van der Waals surface area contributed by atoms with Crippen molar-refractivity contribution in [2.24, 2.45) is 5.73 Å². The number of nitrogens with zero attached hydrogens (tertiary/aromatic N) is 1. The van der Waals surface area contributed by atoms with E-state index < -0.39 is 0 Å². The highest BCUT2D eigenvalue weighted by atomic mass is 32.1. The molecule has 0 aliphatic rings. The van der Waals surface area contributed by atoms with Gasteiger partial charge in [0.1, 0.15) is 10.8 Å². The van der Waals surface area contributed by atoms with Crippen LogP contribution in [0, 0.1) is 5.82 Å². The maximum absolute atomic E-state index is 13.2. The fourth-order valence-electron chi connectivity index (χ4n) is 2.11. The number of phenols is 2. The van der Waals surface area contributed by atoms with Crippen molar-refractivity contribution >= 4 is 21.6 Å². The van der Waals surface area contributed by atoms with Crippen LogP contribution in [-0.4, -0.2) is 15.2 Å². The average Bonchev–Trinajstić information content (AvgIpc) is 2.86. The van der Waals surface area contributed by atoms with Crippen LogP contribution in [0.15, 0.2) is 36.4 Å². The molecule has 2 aromatic carbocycles. The predicted molar refractivity (Wildman–Crippen MR) is 80.0 cm³/mol. The van der Waals surface area contributed by atoms with Gasteiger partial charge in [-0.25, -0.2) is 9.37 Å². The van der Waals surface area contributed by atoms with Crippen molar-refractivity contribution in [3.63, 3.8) is 0 Å². The summed E-state index contributed by atoms with van der Waals surface area (Å²) in [5.74, 6) is -0.662. The molecule has 6 heteroatoms. The number of phenolic OH excluding ortho intramolecular Hbond substituents is 2. The summed E-state index contributed by atoms with van der Waals surface area (Å²) >= 11 is 1.43. The fraction of sp³-hybridized carbons (Fsp3) is 0.133. The normalized spacial score (nSPS) is 12.7. The fourth-order valence-corrected chi connectivity index (χ4v) is 3.06. The molecule has 108 valence electrons. The Hall–Kier alpha value is -2.18. The van der Waals surface area contributed by atoms with Crippen molar-refractivity contribution < 1.29 is 14.6 Å². The number of fused-ring (bicyclic) bond motifs is 1. The molecule has 0 spiro atoms. The topological polar surface area (TPSA) is 79.4 Å². The van der Waals surface area contributed by atoms with Gasteiger partial charge in [0.05, 0.1) is 16.3 Å². The molecule has 0 bridgehead atoms. The number of nitrogens with two attached hydrogens (primary N) is 1. The number of benzene rings is 2. The van der Waals surface area contributed by atoms with Crippen LogP contribution in [0.3, 0.4) is 0 Å². The van der Waals surface area contributed by atoms with E-state index in [1.165, 1.54) is 35.6 Å². The molecule has 3 aromatic rings. The molecule has 0 amide bonds. The summed E-state index contributed by atoms with van der Waals surface area (Å²) in [5.41, 5.74) is 7.52. The lowest BCUT2D eigenvalue weighted by Crippen LogP contribution is -2.12. The van der Waals surface area contributed by atoms with E-state index in [1.54, 1.807) is 12.1 Å². The molecule has 21 heavy (non-hydrogen) atoms. The Kier molecular flexibility index (Phi) is 3.48. The van der Waals surface area contributed by atoms with Gasteiger partial charge in [0, 0.05) is 6.07 Å². The highest BCUT2D eigenvalue weighted by molar-refractivity contribution is 7.18. The largest absolute Gasteiger partial charge is 0.504 e. The minimum atomic E-state index is -0.352. The molecule has 0 radical (unpaired) electrons. The first-order chi connectivity index (χ1) is 10.0. The number of aromatic nitrogens is 1. The van der Waals surface area contributed by atoms with E-state index in [2.05, 4.69) is 4.98 Å². The summed E-state index contributed by atoms with van der Waals surface area (Å²) in [6.07, 6.45) is 0.468. The summed E-state index contributed by atoms with van der Waals surface area (Å²) in [4.78, 5) is 4.35. The monoisotopic (exact) mass is 304 g/mol. The first-order valence-corrected chi connectivity index (χ1v) is 7.17. The van der Waals surface area contributed by atoms with Gasteiger partial charge >= 0.3 is 0 Å². The van der Waals surface area contributed by atoms with Crippen LogP contribution < -0.4 is 5.73 Å². The maximum Gasteiger partial charge on any atom is 0.157 e. The molecule has 4 N–H and O–H groups in total. The third-order valence-corrected chi connectivity index (χ3v) is 4.35. The Labute approximate surface area is 124 Å². The Bertz CT molecular complexity index is 803. The van der Waals surface area contributed by atoms with Crippen molar-refractivity contribution in [3.05, 3.63) is 52.8 Å². The van der Waals surface area contributed by atoms with Crippen LogP contribution in [0.4, 0.5) is 4.39 Å². The molecule has 1 unspecified atom stereocenters. The van der Waals surface area contributed by atoms with E-state index in [-0.39, 0.29) is 23.4 Å². The molecular formula is C15H13FN2O2S. The van der Waals surface area contributed by atoms with Gasteiger partial charge < -0.3 is 15.9 Å². The van der Waals surface area contributed by atoms with Crippen LogP contribution in [0.1, 0.15) is 16.6 Å². The zero-order chi connectivity index (χ0) is 15.0. The number of rotatable bonds is 3. The van der Waals surface area contributed by atoms with Crippen LogP contribution in [0.25, 0.3) is 10.2 Å². The molecule has 0 saturated heterocycles. The van der Waals surface area contributed by atoms with Gasteiger partial charge in [0.25, 0.3) is 0 Å². The second-order valence-corrected chi connectivity index (χ2v) is 5.86. The average molecular weight is 304 g/mol. The van der Waals surface area contributed by atoms with Crippen LogP contribution >= 0.6 is 11.3 Å². The lowest BCUT2D eigenvalue weighted by molar-refractivity contribution is 0.403. The first-order valence-electron chi connectivity index (χ1n) is 6.35. The molecule has 0 fully saturated rings. The lowest BCUT2D eigenvalue weighted by atomic mass is 10.1. The Balaban J connectivity index is 1.85. The second-order valence-electron chi connectivity index (χ2n) is 4.80. The Morgan fingerprint density at radius 3 is 2.71 bits per heavy atom. The molecule has 3 rings (SSSR count). The minimum absolute atomic E-state index is 0.164. The molecule has 4 nitrogen and oxygen atoms in total. The van der Waals surface area contributed by atoms with E-state index >= 15 is 0 Å². The van der Waals surface area contributed by atoms with Crippen LogP contribution in [0.2, 0.25) is 0 Å².